The van der Waals surface area contributed by atoms with Gasteiger partial charge >= 0.3 is 5.97 Å². The Labute approximate surface area is 133 Å². The number of carbonyl (C=O) groups excluding carboxylic acids is 1. The molecule has 1 unspecified atom stereocenters. The molecule has 0 spiro atoms. The fraction of sp³-hybridized carbons (Fsp3) is 0.600. The van der Waals surface area contributed by atoms with Crippen LogP contribution in [0.5, 0.6) is 0 Å². The number of thiophene rings is 1. The number of carboxylic acid groups (broad SMARTS) is 1. The van der Waals surface area contributed by atoms with Crippen molar-refractivity contribution < 1.29 is 14.7 Å². The van der Waals surface area contributed by atoms with E-state index < -0.39 is 11.4 Å². The van der Waals surface area contributed by atoms with Crippen LogP contribution in [0.2, 0.25) is 0 Å². The van der Waals surface area contributed by atoms with Gasteiger partial charge in [-0.25, -0.2) is 0 Å². The van der Waals surface area contributed by atoms with Gasteiger partial charge in [0.1, 0.15) is 0 Å². The molecule has 0 saturated carbocycles. The molecule has 1 N–H and O–H groups in total. The number of nitrogens with zero attached hydrogens (tertiary/aromatic N) is 1. The summed E-state index contributed by atoms with van der Waals surface area (Å²) in [5, 5.41) is 11.5. The van der Waals surface area contributed by atoms with Crippen LogP contribution in [0, 0.1) is 5.41 Å². The Kier molecular flexibility index (Phi) is 5.70. The first-order chi connectivity index (χ1) is 10.1. The lowest BCUT2D eigenvalue weighted by Gasteiger charge is -2.40. The van der Waals surface area contributed by atoms with Crippen LogP contribution in [0.25, 0.3) is 0 Å². The predicted molar refractivity (Wildman–Crippen MR) is 85.8 cm³/mol. The van der Waals surface area contributed by atoms with Gasteiger partial charge in [0.15, 0.2) is 0 Å². The normalized spacial score (nSPS) is 22.2. The second kappa shape index (κ2) is 7.31. The highest BCUT2D eigenvalue weighted by molar-refractivity contribution is 8.01. The summed E-state index contributed by atoms with van der Waals surface area (Å²) in [6.07, 6.45) is 2.93. The molecule has 2 heterocycles. The summed E-state index contributed by atoms with van der Waals surface area (Å²) in [5.41, 5.74) is -0.740. The molecule has 6 heteroatoms. The van der Waals surface area contributed by atoms with Gasteiger partial charge < -0.3 is 10.0 Å². The van der Waals surface area contributed by atoms with Gasteiger partial charge in [0.05, 0.1) is 15.4 Å². The summed E-state index contributed by atoms with van der Waals surface area (Å²) in [6, 6.07) is 3.96. The molecule has 1 aliphatic rings. The number of hydrogen-bond donors (Lipinski definition) is 1. The minimum absolute atomic E-state index is 0.0508. The Morgan fingerprint density at radius 3 is 2.95 bits per heavy atom. The number of rotatable bonds is 6. The van der Waals surface area contributed by atoms with Crippen LogP contribution >= 0.6 is 23.1 Å². The Hall–Kier alpha value is -1.01. The van der Waals surface area contributed by atoms with Crippen LogP contribution in [0.15, 0.2) is 21.7 Å². The van der Waals surface area contributed by atoms with E-state index in [4.69, 9.17) is 0 Å². The van der Waals surface area contributed by atoms with Gasteiger partial charge in [0.25, 0.3) is 0 Å². The molecular formula is C15H21NO3S2. The van der Waals surface area contributed by atoms with Crippen molar-refractivity contribution >= 4 is 35.0 Å². The van der Waals surface area contributed by atoms with Crippen molar-refractivity contribution in [1.82, 2.24) is 4.90 Å². The Morgan fingerprint density at radius 1 is 1.52 bits per heavy atom. The monoisotopic (exact) mass is 327 g/mol. The second-order valence-electron chi connectivity index (χ2n) is 5.48. The molecule has 4 nitrogen and oxygen atoms in total. The average Bonchev–Trinajstić information content (AvgIpc) is 2.98. The first kappa shape index (κ1) is 16.4. The van der Waals surface area contributed by atoms with E-state index in [9.17, 15) is 14.7 Å². The summed E-state index contributed by atoms with van der Waals surface area (Å²) in [4.78, 5) is 25.7. The minimum Gasteiger partial charge on any atom is -0.481 e. The van der Waals surface area contributed by atoms with E-state index in [1.54, 1.807) is 16.2 Å². The van der Waals surface area contributed by atoms with E-state index >= 15 is 0 Å². The third-order valence-corrected chi connectivity index (χ3v) is 6.06. The van der Waals surface area contributed by atoms with Gasteiger partial charge in [-0.2, -0.15) is 0 Å². The first-order valence-corrected chi connectivity index (χ1v) is 9.11. The van der Waals surface area contributed by atoms with E-state index in [1.807, 2.05) is 24.4 Å². The first-order valence-electron chi connectivity index (χ1n) is 7.25. The number of piperidine rings is 1. The maximum Gasteiger partial charge on any atom is 0.311 e. The number of carbonyl (C=O) groups is 2. The molecule has 0 bridgehead atoms. The standard InChI is InChI=1S/C15H21NO3S2/c1-2-6-15(14(18)19)7-4-8-16(11-15)12(17)10-21-13-5-3-9-20-13/h3,5,9H,2,4,6-8,10-11H2,1H3,(H,18,19). The molecule has 0 aliphatic carbocycles. The van der Waals surface area contributed by atoms with Crippen LogP contribution in [-0.2, 0) is 9.59 Å². The van der Waals surface area contributed by atoms with Gasteiger partial charge in [-0.15, -0.1) is 23.1 Å². The summed E-state index contributed by atoms with van der Waals surface area (Å²) < 4.78 is 1.12. The van der Waals surface area contributed by atoms with Crippen LogP contribution in [0.1, 0.15) is 32.6 Å². The molecule has 2 rings (SSSR count). The predicted octanol–water partition coefficient (Wildman–Crippen LogP) is 3.33. The third kappa shape index (κ3) is 4.01. The molecule has 0 aromatic carbocycles. The molecule has 1 amide bonds. The highest BCUT2D eigenvalue weighted by Crippen LogP contribution is 2.35. The van der Waals surface area contributed by atoms with E-state index in [0.29, 0.717) is 31.7 Å². The maximum absolute atomic E-state index is 12.3. The van der Waals surface area contributed by atoms with Crippen molar-refractivity contribution in [1.29, 1.82) is 0 Å². The molecule has 116 valence electrons. The highest BCUT2D eigenvalue weighted by Gasteiger charge is 2.42. The average molecular weight is 327 g/mol. The number of carboxylic acids is 1. The molecule has 21 heavy (non-hydrogen) atoms. The second-order valence-corrected chi connectivity index (χ2v) is 7.70. The lowest BCUT2D eigenvalue weighted by atomic mass is 9.76. The zero-order valence-corrected chi connectivity index (χ0v) is 13.8. The van der Waals surface area contributed by atoms with Crippen LogP contribution in [0.4, 0.5) is 0 Å². The SMILES string of the molecule is CCCC1(C(=O)O)CCCN(C(=O)CSc2cccs2)C1. The van der Waals surface area contributed by atoms with Gasteiger partial charge in [-0.1, -0.05) is 19.4 Å². The fourth-order valence-corrected chi connectivity index (χ4v) is 4.57. The molecule has 1 aromatic rings. The Balaban J connectivity index is 1.96. The Bertz CT molecular complexity index is 485. The van der Waals surface area contributed by atoms with Crippen molar-refractivity contribution in [3.8, 4) is 0 Å². The van der Waals surface area contributed by atoms with Gasteiger partial charge in [0.2, 0.25) is 5.91 Å². The van der Waals surface area contributed by atoms with E-state index in [-0.39, 0.29) is 5.91 Å². The van der Waals surface area contributed by atoms with Gasteiger partial charge in [-0.05, 0) is 30.7 Å². The molecule has 1 fully saturated rings. The number of aliphatic carboxylic acids is 1. The molecule has 1 saturated heterocycles. The van der Waals surface area contributed by atoms with E-state index in [1.165, 1.54) is 11.8 Å². The third-order valence-electron chi connectivity index (χ3n) is 3.94. The number of hydrogen-bond acceptors (Lipinski definition) is 4. The number of amides is 1. The van der Waals surface area contributed by atoms with Crippen molar-refractivity contribution in [2.45, 2.75) is 36.8 Å². The number of likely N-dealkylation sites (tertiary alicyclic amines) is 1. The minimum atomic E-state index is -0.757. The van der Waals surface area contributed by atoms with E-state index in [2.05, 4.69) is 0 Å². The molecular weight excluding hydrogens is 306 g/mol. The largest absolute Gasteiger partial charge is 0.481 e. The zero-order chi connectivity index (χ0) is 15.3. The molecule has 1 atom stereocenters. The van der Waals surface area contributed by atoms with Crippen LogP contribution < -0.4 is 0 Å². The van der Waals surface area contributed by atoms with Crippen LogP contribution in [0.3, 0.4) is 0 Å². The van der Waals surface area contributed by atoms with Crippen molar-refractivity contribution in [2.75, 3.05) is 18.8 Å². The lowest BCUT2D eigenvalue weighted by Crippen LogP contribution is -2.50. The topological polar surface area (TPSA) is 57.6 Å². The van der Waals surface area contributed by atoms with Gasteiger partial charge in [0, 0.05) is 13.1 Å². The summed E-state index contributed by atoms with van der Waals surface area (Å²) >= 11 is 3.15. The quantitative estimate of drug-likeness (QED) is 0.814. The van der Waals surface area contributed by atoms with Gasteiger partial charge in [-0.3, -0.25) is 9.59 Å². The maximum atomic E-state index is 12.3. The highest BCUT2D eigenvalue weighted by atomic mass is 32.2. The lowest BCUT2D eigenvalue weighted by molar-refractivity contribution is -0.155. The van der Waals surface area contributed by atoms with Crippen molar-refractivity contribution in [3.05, 3.63) is 17.5 Å². The summed E-state index contributed by atoms with van der Waals surface area (Å²) in [6.45, 7) is 3.04. The smallest absolute Gasteiger partial charge is 0.311 e. The zero-order valence-electron chi connectivity index (χ0n) is 12.2. The summed E-state index contributed by atoms with van der Waals surface area (Å²) in [7, 11) is 0. The van der Waals surface area contributed by atoms with Crippen molar-refractivity contribution in [2.24, 2.45) is 5.41 Å². The molecule has 1 aromatic heterocycles. The fourth-order valence-electron chi connectivity index (χ4n) is 2.88. The number of thioether (sulfide) groups is 1. The van der Waals surface area contributed by atoms with Crippen molar-refractivity contribution in [3.63, 3.8) is 0 Å². The molecule has 1 aliphatic heterocycles. The van der Waals surface area contributed by atoms with E-state index in [0.717, 1.165) is 17.1 Å². The summed E-state index contributed by atoms with van der Waals surface area (Å²) in [5.74, 6) is -0.315. The Morgan fingerprint density at radius 2 is 2.33 bits per heavy atom. The van der Waals surface area contributed by atoms with Crippen LogP contribution in [-0.4, -0.2) is 40.7 Å². The molecule has 0 radical (unpaired) electrons.